The van der Waals surface area contributed by atoms with Crippen molar-refractivity contribution in [3.8, 4) is 0 Å². The number of Topliss-reactive ketones (excluding diaryl/α,β-unsaturated/α-hetero) is 3. The van der Waals surface area contributed by atoms with Crippen LogP contribution < -0.4 is 0 Å². The summed E-state index contributed by atoms with van der Waals surface area (Å²) >= 11 is 0. The molecule has 0 bridgehead atoms. The SMILES string of the molecule is O=C1CCCCC1C(C(=O)c1ccccc1)C(=O)c1ccccc1. The summed E-state index contributed by atoms with van der Waals surface area (Å²) in [6.45, 7) is 0. The Kier molecular flexibility index (Phi) is 4.99. The molecule has 1 aliphatic carbocycles. The van der Waals surface area contributed by atoms with E-state index in [4.69, 9.17) is 0 Å². The topological polar surface area (TPSA) is 51.2 Å². The van der Waals surface area contributed by atoms with Gasteiger partial charge in [0.05, 0.1) is 5.92 Å². The van der Waals surface area contributed by atoms with Crippen LogP contribution in [-0.2, 0) is 4.79 Å². The molecule has 122 valence electrons. The largest absolute Gasteiger partial charge is 0.299 e. The summed E-state index contributed by atoms with van der Waals surface area (Å²) in [5.74, 6) is -1.86. The van der Waals surface area contributed by atoms with Gasteiger partial charge in [0.15, 0.2) is 11.6 Å². The number of ketones is 3. The molecule has 0 aromatic heterocycles. The van der Waals surface area contributed by atoms with E-state index in [9.17, 15) is 14.4 Å². The molecule has 3 nitrogen and oxygen atoms in total. The second-order valence-corrected chi connectivity index (χ2v) is 6.26. The third-order valence-electron chi connectivity index (χ3n) is 4.69. The summed E-state index contributed by atoms with van der Waals surface area (Å²) in [4.78, 5) is 38.5. The number of benzene rings is 2. The summed E-state index contributed by atoms with van der Waals surface area (Å²) < 4.78 is 0. The minimum absolute atomic E-state index is 0.0415. The Morgan fingerprint density at radius 3 is 1.75 bits per heavy atom. The van der Waals surface area contributed by atoms with Crippen molar-refractivity contribution in [2.75, 3.05) is 0 Å². The van der Waals surface area contributed by atoms with E-state index in [0.29, 0.717) is 24.0 Å². The fraction of sp³-hybridized carbons (Fsp3) is 0.286. The standard InChI is InChI=1S/C21H20O3/c22-18-14-8-7-13-17(18)19(20(23)15-9-3-1-4-10-15)21(24)16-11-5-2-6-12-16/h1-6,9-12,17,19H,7-8,13-14H2. The van der Waals surface area contributed by atoms with Crippen LogP contribution in [0.4, 0.5) is 0 Å². The minimum Gasteiger partial charge on any atom is -0.299 e. The van der Waals surface area contributed by atoms with E-state index in [0.717, 1.165) is 12.8 Å². The fourth-order valence-corrected chi connectivity index (χ4v) is 3.41. The molecule has 0 spiro atoms. The quantitative estimate of drug-likeness (QED) is 0.615. The van der Waals surface area contributed by atoms with Crippen LogP contribution in [0.5, 0.6) is 0 Å². The first kappa shape index (κ1) is 16.3. The molecule has 24 heavy (non-hydrogen) atoms. The maximum absolute atomic E-state index is 13.0. The third kappa shape index (κ3) is 3.35. The molecule has 2 aromatic carbocycles. The molecule has 1 aliphatic rings. The molecule has 0 radical (unpaired) electrons. The molecule has 1 atom stereocenters. The first-order valence-electron chi connectivity index (χ1n) is 8.39. The third-order valence-corrected chi connectivity index (χ3v) is 4.69. The molecule has 1 unspecified atom stereocenters. The smallest absolute Gasteiger partial charge is 0.174 e. The van der Waals surface area contributed by atoms with Gasteiger partial charge in [-0.3, -0.25) is 14.4 Å². The maximum Gasteiger partial charge on any atom is 0.174 e. The number of carbonyl (C=O) groups excluding carboxylic acids is 3. The Balaban J connectivity index is 1.99. The molecule has 0 heterocycles. The maximum atomic E-state index is 13.0. The van der Waals surface area contributed by atoms with Crippen molar-refractivity contribution in [3.05, 3.63) is 71.8 Å². The summed E-state index contributed by atoms with van der Waals surface area (Å²) in [6.07, 6.45) is 2.81. The van der Waals surface area contributed by atoms with Gasteiger partial charge < -0.3 is 0 Å². The van der Waals surface area contributed by atoms with Crippen molar-refractivity contribution in [2.45, 2.75) is 25.7 Å². The number of hydrogen-bond acceptors (Lipinski definition) is 3. The van der Waals surface area contributed by atoms with Gasteiger partial charge in [-0.05, 0) is 12.8 Å². The summed E-state index contributed by atoms with van der Waals surface area (Å²) in [6, 6.07) is 17.6. The average molecular weight is 320 g/mol. The highest BCUT2D eigenvalue weighted by Crippen LogP contribution is 2.32. The van der Waals surface area contributed by atoms with Crippen LogP contribution in [0.25, 0.3) is 0 Å². The van der Waals surface area contributed by atoms with Gasteiger partial charge in [0.25, 0.3) is 0 Å². The van der Waals surface area contributed by atoms with Gasteiger partial charge >= 0.3 is 0 Å². The van der Waals surface area contributed by atoms with E-state index >= 15 is 0 Å². The first-order chi connectivity index (χ1) is 11.7. The highest BCUT2D eigenvalue weighted by molar-refractivity contribution is 6.18. The predicted octanol–water partition coefficient (Wildman–Crippen LogP) is 4.13. The van der Waals surface area contributed by atoms with Crippen LogP contribution in [0.1, 0.15) is 46.4 Å². The molecule has 0 aliphatic heterocycles. The lowest BCUT2D eigenvalue weighted by Crippen LogP contribution is -2.37. The van der Waals surface area contributed by atoms with Gasteiger partial charge in [0.2, 0.25) is 0 Å². The van der Waals surface area contributed by atoms with E-state index in [1.807, 2.05) is 12.1 Å². The first-order valence-corrected chi connectivity index (χ1v) is 8.39. The zero-order valence-corrected chi connectivity index (χ0v) is 13.5. The molecule has 3 heteroatoms. The van der Waals surface area contributed by atoms with Crippen LogP contribution in [0.15, 0.2) is 60.7 Å². The van der Waals surface area contributed by atoms with Gasteiger partial charge in [-0.25, -0.2) is 0 Å². The van der Waals surface area contributed by atoms with Crippen molar-refractivity contribution >= 4 is 17.3 Å². The van der Waals surface area contributed by atoms with E-state index in [1.165, 1.54) is 0 Å². The van der Waals surface area contributed by atoms with Gasteiger partial charge in [-0.2, -0.15) is 0 Å². The highest BCUT2D eigenvalue weighted by atomic mass is 16.2. The van der Waals surface area contributed by atoms with E-state index < -0.39 is 11.8 Å². The Morgan fingerprint density at radius 1 is 0.792 bits per heavy atom. The zero-order valence-electron chi connectivity index (χ0n) is 13.5. The number of hydrogen-bond donors (Lipinski definition) is 0. The Hall–Kier alpha value is -2.55. The van der Waals surface area contributed by atoms with Crippen LogP contribution >= 0.6 is 0 Å². The predicted molar refractivity (Wildman–Crippen MR) is 92.0 cm³/mol. The monoisotopic (exact) mass is 320 g/mol. The van der Waals surface area contributed by atoms with Crippen LogP contribution in [0.3, 0.4) is 0 Å². The molecule has 0 amide bonds. The van der Waals surface area contributed by atoms with E-state index in [1.54, 1.807) is 48.5 Å². The van der Waals surface area contributed by atoms with Gasteiger partial charge in [-0.1, -0.05) is 67.1 Å². The zero-order chi connectivity index (χ0) is 16.9. The lowest BCUT2D eigenvalue weighted by atomic mass is 9.73. The van der Waals surface area contributed by atoms with Crippen LogP contribution in [-0.4, -0.2) is 17.3 Å². The van der Waals surface area contributed by atoms with Crippen LogP contribution in [0, 0.1) is 11.8 Å². The van der Waals surface area contributed by atoms with Crippen molar-refractivity contribution < 1.29 is 14.4 Å². The summed E-state index contributed by atoms with van der Waals surface area (Å²) in [5, 5.41) is 0. The molecule has 0 N–H and O–H groups in total. The molecule has 3 rings (SSSR count). The highest BCUT2D eigenvalue weighted by Gasteiger charge is 2.40. The number of rotatable bonds is 5. The second-order valence-electron chi connectivity index (χ2n) is 6.26. The van der Waals surface area contributed by atoms with Gasteiger partial charge in [-0.15, -0.1) is 0 Å². The normalized spacial score (nSPS) is 17.7. The minimum atomic E-state index is -0.914. The van der Waals surface area contributed by atoms with Crippen molar-refractivity contribution in [1.29, 1.82) is 0 Å². The molecule has 1 saturated carbocycles. The lowest BCUT2D eigenvalue weighted by Gasteiger charge is -2.27. The van der Waals surface area contributed by atoms with Gasteiger partial charge in [0, 0.05) is 23.5 Å². The van der Waals surface area contributed by atoms with E-state index in [2.05, 4.69) is 0 Å². The molecule has 2 aromatic rings. The van der Waals surface area contributed by atoms with E-state index in [-0.39, 0.29) is 17.3 Å². The van der Waals surface area contributed by atoms with Gasteiger partial charge in [0.1, 0.15) is 5.78 Å². The number of carbonyl (C=O) groups is 3. The molecule has 0 saturated heterocycles. The van der Waals surface area contributed by atoms with Crippen molar-refractivity contribution in [1.82, 2.24) is 0 Å². The summed E-state index contributed by atoms with van der Waals surface area (Å²) in [5.41, 5.74) is 0.982. The second kappa shape index (κ2) is 7.35. The fourth-order valence-electron chi connectivity index (χ4n) is 3.41. The average Bonchev–Trinajstić information content (AvgIpc) is 2.64. The summed E-state index contributed by atoms with van der Waals surface area (Å²) in [7, 11) is 0. The van der Waals surface area contributed by atoms with Crippen LogP contribution in [0.2, 0.25) is 0 Å². The lowest BCUT2D eigenvalue weighted by molar-refractivity contribution is -0.125. The molecular weight excluding hydrogens is 300 g/mol. The van der Waals surface area contributed by atoms with Crippen molar-refractivity contribution in [3.63, 3.8) is 0 Å². The molecular formula is C21H20O3. The Bertz CT molecular complexity index is 683. The molecule has 1 fully saturated rings. The van der Waals surface area contributed by atoms with Crippen molar-refractivity contribution in [2.24, 2.45) is 11.8 Å². The Morgan fingerprint density at radius 2 is 1.29 bits per heavy atom. The Labute approximate surface area is 141 Å².